The molecule has 0 spiro atoms. The van der Waals surface area contributed by atoms with E-state index in [0.717, 1.165) is 18.6 Å². The molecule has 3 heterocycles. The molecule has 0 aliphatic carbocycles. The van der Waals surface area contributed by atoms with Gasteiger partial charge in [0.05, 0.1) is 12.1 Å². The smallest absolute Gasteiger partial charge is 0.332 e. The van der Waals surface area contributed by atoms with Crippen LogP contribution >= 0.6 is 11.8 Å². The maximum atomic E-state index is 11.7. The first-order chi connectivity index (χ1) is 11.0. The number of imide groups is 1. The predicted octanol–water partition coefficient (Wildman–Crippen LogP) is 0.319. The van der Waals surface area contributed by atoms with Gasteiger partial charge in [-0.3, -0.25) is 9.59 Å². The van der Waals surface area contributed by atoms with Crippen LogP contribution < -0.4 is 10.6 Å². The summed E-state index contributed by atoms with van der Waals surface area (Å²) in [5.41, 5.74) is 0. The van der Waals surface area contributed by atoms with Gasteiger partial charge < -0.3 is 15.5 Å². The zero-order valence-corrected chi connectivity index (χ0v) is 13.4. The fourth-order valence-electron chi connectivity index (χ4n) is 3.06. The van der Waals surface area contributed by atoms with Crippen LogP contribution in [0.4, 0.5) is 4.79 Å². The van der Waals surface area contributed by atoms with Gasteiger partial charge in [-0.2, -0.15) is 11.8 Å². The van der Waals surface area contributed by atoms with Crippen molar-refractivity contribution in [1.29, 1.82) is 0 Å². The van der Waals surface area contributed by atoms with E-state index in [1.807, 2.05) is 11.8 Å². The third-order valence-electron chi connectivity index (χ3n) is 4.26. The van der Waals surface area contributed by atoms with Crippen molar-refractivity contribution in [3.8, 4) is 0 Å². The highest BCUT2D eigenvalue weighted by Crippen LogP contribution is 2.33. The summed E-state index contributed by atoms with van der Waals surface area (Å²) in [4.78, 5) is 50.5. The highest BCUT2D eigenvalue weighted by atomic mass is 32.2. The summed E-state index contributed by atoms with van der Waals surface area (Å²) in [5.74, 6) is -0.557. The number of carbonyl (C=O) groups is 4. The lowest BCUT2D eigenvalue weighted by atomic mass is 10.0. The number of nitrogens with zero attached hydrogens (tertiary/aromatic N) is 1. The molecule has 0 aromatic carbocycles. The third-order valence-corrected chi connectivity index (χ3v) is 5.77. The van der Waals surface area contributed by atoms with E-state index in [2.05, 4.69) is 10.6 Å². The van der Waals surface area contributed by atoms with Crippen molar-refractivity contribution < 1.29 is 24.0 Å². The van der Waals surface area contributed by atoms with Crippen LogP contribution in [0.15, 0.2) is 0 Å². The molecule has 126 valence electrons. The zero-order chi connectivity index (χ0) is 16.4. The van der Waals surface area contributed by atoms with Crippen LogP contribution in [0.2, 0.25) is 0 Å². The summed E-state index contributed by atoms with van der Waals surface area (Å²) in [6.45, 7) is 0. The summed E-state index contributed by atoms with van der Waals surface area (Å²) in [6.07, 6.45) is 2.75. The van der Waals surface area contributed by atoms with Crippen molar-refractivity contribution in [2.45, 2.75) is 55.9 Å². The summed E-state index contributed by atoms with van der Waals surface area (Å²) in [6, 6.07) is 0.266. The second-order valence-electron chi connectivity index (χ2n) is 5.91. The largest absolute Gasteiger partial charge is 0.333 e. The van der Waals surface area contributed by atoms with Gasteiger partial charge in [0.1, 0.15) is 0 Å². The number of rotatable bonds is 6. The van der Waals surface area contributed by atoms with Gasteiger partial charge in [-0.05, 0) is 12.8 Å². The lowest BCUT2D eigenvalue weighted by molar-refractivity contribution is -0.197. The lowest BCUT2D eigenvalue weighted by Gasteiger charge is -2.16. The molecule has 2 unspecified atom stereocenters. The van der Waals surface area contributed by atoms with Crippen molar-refractivity contribution in [2.75, 3.05) is 5.75 Å². The molecule has 3 aliphatic rings. The molecule has 3 aliphatic heterocycles. The average Bonchev–Trinajstić information content (AvgIpc) is 3.14. The topological polar surface area (TPSA) is 105 Å². The Bertz CT molecular complexity index is 525. The monoisotopic (exact) mass is 341 g/mol. The number of amides is 4. The van der Waals surface area contributed by atoms with E-state index in [4.69, 9.17) is 4.84 Å². The molecule has 23 heavy (non-hydrogen) atoms. The summed E-state index contributed by atoms with van der Waals surface area (Å²) >= 11 is 1.83. The summed E-state index contributed by atoms with van der Waals surface area (Å²) in [7, 11) is 0. The second kappa shape index (κ2) is 6.77. The number of hydroxylamine groups is 2. The molecule has 3 atom stereocenters. The standard InChI is InChI=1S/C14H19N3O5S/c18-10-5-6-11(19)17(10)22-12(20)4-2-1-3-9-13-8(7-23-9)15-14(21)16-13/h8-9,13H,1-7H2,(H2,15,16,21)/t8?,9-,13?/m0/s1. The predicted molar refractivity (Wildman–Crippen MR) is 81.1 cm³/mol. The van der Waals surface area contributed by atoms with Crippen molar-refractivity contribution in [2.24, 2.45) is 0 Å². The zero-order valence-electron chi connectivity index (χ0n) is 12.6. The number of unbranched alkanes of at least 4 members (excludes halogenated alkanes) is 1. The highest BCUT2D eigenvalue weighted by molar-refractivity contribution is 8.00. The van der Waals surface area contributed by atoms with E-state index in [9.17, 15) is 19.2 Å². The van der Waals surface area contributed by atoms with Crippen LogP contribution in [0.3, 0.4) is 0 Å². The lowest BCUT2D eigenvalue weighted by Crippen LogP contribution is -2.36. The number of thioether (sulfide) groups is 1. The van der Waals surface area contributed by atoms with Gasteiger partial charge >= 0.3 is 12.0 Å². The SMILES string of the molecule is O=C1NC2CS[C@@H](CCCCC(=O)ON3C(=O)CCC3=O)C2N1. The first-order valence-electron chi connectivity index (χ1n) is 7.80. The van der Waals surface area contributed by atoms with Gasteiger partial charge in [0.15, 0.2) is 0 Å². The van der Waals surface area contributed by atoms with E-state index in [-0.39, 0.29) is 37.4 Å². The van der Waals surface area contributed by atoms with Crippen molar-refractivity contribution >= 4 is 35.6 Å². The Kier molecular flexibility index (Phi) is 4.74. The van der Waals surface area contributed by atoms with Gasteiger partial charge in [-0.25, -0.2) is 9.59 Å². The molecule has 0 saturated carbocycles. The molecule has 2 N–H and O–H groups in total. The fourth-order valence-corrected chi connectivity index (χ4v) is 4.61. The Morgan fingerprint density at radius 1 is 1.17 bits per heavy atom. The molecule has 0 radical (unpaired) electrons. The van der Waals surface area contributed by atoms with Gasteiger partial charge in [0.2, 0.25) is 0 Å². The van der Waals surface area contributed by atoms with Crippen LogP contribution in [0.1, 0.15) is 38.5 Å². The fraction of sp³-hybridized carbons (Fsp3) is 0.714. The van der Waals surface area contributed by atoms with Gasteiger partial charge in [-0.1, -0.05) is 6.42 Å². The van der Waals surface area contributed by atoms with E-state index in [1.54, 1.807) is 0 Å². The number of carbonyl (C=O) groups excluding carboxylic acids is 4. The highest BCUT2D eigenvalue weighted by Gasteiger charge is 2.42. The number of fused-ring (bicyclic) bond motifs is 1. The Balaban J connectivity index is 1.34. The molecular weight excluding hydrogens is 322 g/mol. The molecule has 3 saturated heterocycles. The van der Waals surface area contributed by atoms with Crippen LogP contribution in [0.25, 0.3) is 0 Å². The van der Waals surface area contributed by atoms with E-state index < -0.39 is 17.8 Å². The van der Waals surface area contributed by atoms with Crippen molar-refractivity contribution in [3.05, 3.63) is 0 Å². The summed E-state index contributed by atoms with van der Waals surface area (Å²) in [5, 5.41) is 6.76. The maximum absolute atomic E-state index is 11.7. The number of hydrogen-bond donors (Lipinski definition) is 2. The van der Waals surface area contributed by atoms with Gasteiger partial charge in [-0.15, -0.1) is 5.06 Å². The number of hydrogen-bond acceptors (Lipinski definition) is 6. The second-order valence-corrected chi connectivity index (χ2v) is 7.18. The molecular formula is C14H19N3O5S. The molecule has 9 heteroatoms. The Morgan fingerprint density at radius 2 is 1.91 bits per heavy atom. The molecule has 8 nitrogen and oxygen atoms in total. The molecule has 3 fully saturated rings. The molecule has 0 aromatic heterocycles. The third kappa shape index (κ3) is 3.60. The molecule has 0 bridgehead atoms. The summed E-state index contributed by atoms with van der Waals surface area (Å²) < 4.78 is 0. The normalized spacial score (nSPS) is 29.5. The maximum Gasteiger partial charge on any atom is 0.333 e. The van der Waals surface area contributed by atoms with Gasteiger partial charge in [0, 0.05) is 30.3 Å². The van der Waals surface area contributed by atoms with Crippen LogP contribution in [-0.4, -0.2) is 52.0 Å². The van der Waals surface area contributed by atoms with E-state index in [0.29, 0.717) is 16.7 Å². The Morgan fingerprint density at radius 3 is 2.65 bits per heavy atom. The van der Waals surface area contributed by atoms with Crippen LogP contribution in [0, 0.1) is 0 Å². The molecule has 3 rings (SSSR count). The van der Waals surface area contributed by atoms with Crippen molar-refractivity contribution in [1.82, 2.24) is 15.7 Å². The average molecular weight is 341 g/mol. The number of nitrogens with one attached hydrogen (secondary N) is 2. The minimum absolute atomic E-state index is 0.103. The minimum atomic E-state index is -0.554. The minimum Gasteiger partial charge on any atom is -0.332 e. The van der Waals surface area contributed by atoms with Crippen LogP contribution in [0.5, 0.6) is 0 Å². The quantitative estimate of drug-likeness (QED) is 0.409. The van der Waals surface area contributed by atoms with E-state index in [1.165, 1.54) is 0 Å². The number of urea groups is 1. The van der Waals surface area contributed by atoms with Gasteiger partial charge in [0.25, 0.3) is 11.8 Å². The first-order valence-corrected chi connectivity index (χ1v) is 8.84. The first kappa shape index (κ1) is 16.1. The van der Waals surface area contributed by atoms with E-state index >= 15 is 0 Å². The molecule has 0 aromatic rings. The Hall–Kier alpha value is -1.77. The van der Waals surface area contributed by atoms with Crippen LogP contribution in [-0.2, 0) is 19.2 Å². The Labute approximate surface area is 137 Å². The molecule has 4 amide bonds. The van der Waals surface area contributed by atoms with Crippen molar-refractivity contribution in [3.63, 3.8) is 0 Å².